The molecule has 2 heterocycles. The second kappa shape index (κ2) is 8.28. The predicted molar refractivity (Wildman–Crippen MR) is 115 cm³/mol. The van der Waals surface area contributed by atoms with Gasteiger partial charge in [-0.3, -0.25) is 4.79 Å². The maximum atomic E-state index is 13.4. The highest BCUT2D eigenvalue weighted by Gasteiger charge is 2.32. The highest BCUT2D eigenvalue weighted by Crippen LogP contribution is 2.28. The maximum absolute atomic E-state index is 13.4. The lowest BCUT2D eigenvalue weighted by molar-refractivity contribution is -0.132. The van der Waals surface area contributed by atoms with Gasteiger partial charge in [-0.1, -0.05) is 49.4 Å². The summed E-state index contributed by atoms with van der Waals surface area (Å²) in [5, 5.41) is 0. The molecule has 3 aromatic rings. The molecular weight excluding hydrogens is 383 g/mol. The molecule has 0 spiro atoms. The van der Waals surface area contributed by atoms with Gasteiger partial charge in [0.05, 0.1) is 18.3 Å². The molecule has 1 aliphatic rings. The van der Waals surface area contributed by atoms with Crippen molar-refractivity contribution in [1.82, 2.24) is 14.9 Å². The Morgan fingerprint density at radius 1 is 1.17 bits per heavy atom. The molecule has 0 unspecified atom stereocenters. The first-order chi connectivity index (χ1) is 14.4. The van der Waals surface area contributed by atoms with Gasteiger partial charge in [0.1, 0.15) is 6.17 Å². The number of likely N-dealkylation sites (tertiary alicyclic amines) is 1. The summed E-state index contributed by atoms with van der Waals surface area (Å²) in [6.07, 6.45) is 1.09. The lowest BCUT2D eigenvalue weighted by Crippen LogP contribution is -2.45. The van der Waals surface area contributed by atoms with E-state index in [1.807, 2.05) is 55.5 Å². The third-order valence-corrected chi connectivity index (χ3v) is 5.81. The fourth-order valence-corrected chi connectivity index (χ4v) is 3.88. The minimum absolute atomic E-state index is 0.140. The number of carbonyl (C=O) groups excluding carboxylic acids is 1. The van der Waals surface area contributed by atoms with Crippen LogP contribution in [0.4, 0.5) is 4.39 Å². The Bertz CT molecular complexity index is 1090. The first-order valence-electron chi connectivity index (χ1n) is 10.1. The Morgan fingerprint density at radius 2 is 1.90 bits per heavy atom. The molecule has 1 saturated heterocycles. The van der Waals surface area contributed by atoms with Crippen LogP contribution in [0.1, 0.15) is 24.8 Å². The molecule has 6 nitrogen and oxygen atoms in total. The van der Waals surface area contributed by atoms with Crippen molar-refractivity contribution in [3.8, 4) is 22.4 Å². The molecule has 156 valence electrons. The third kappa shape index (κ3) is 4.07. The fourth-order valence-electron chi connectivity index (χ4n) is 3.88. The number of hydrogen-bond acceptors (Lipinski definition) is 3. The summed E-state index contributed by atoms with van der Waals surface area (Å²) in [5.74, 6) is -0.374. The molecular formula is C23H25FN4O2. The van der Waals surface area contributed by atoms with Crippen LogP contribution < -0.4 is 11.4 Å². The third-order valence-electron chi connectivity index (χ3n) is 5.81. The molecule has 4 N–H and O–H groups in total. The van der Waals surface area contributed by atoms with Gasteiger partial charge in [-0.15, -0.1) is 0 Å². The average molecular weight is 408 g/mol. The molecule has 1 aromatic heterocycles. The Balaban J connectivity index is 1.50. The average Bonchev–Trinajstić information content (AvgIpc) is 3.40. The summed E-state index contributed by atoms with van der Waals surface area (Å²) < 4.78 is 13.4. The quantitative estimate of drug-likeness (QED) is 0.606. The van der Waals surface area contributed by atoms with Crippen LogP contribution in [0.25, 0.3) is 22.4 Å². The number of alkyl halides is 1. The van der Waals surface area contributed by atoms with Gasteiger partial charge in [0, 0.05) is 24.2 Å². The van der Waals surface area contributed by atoms with Crippen molar-refractivity contribution >= 4 is 5.91 Å². The minimum Gasteiger partial charge on any atom is -0.338 e. The van der Waals surface area contributed by atoms with Gasteiger partial charge in [0.2, 0.25) is 5.91 Å². The number of rotatable bonds is 5. The molecule has 0 aliphatic carbocycles. The number of nitrogens with one attached hydrogen (secondary N) is 2. The van der Waals surface area contributed by atoms with E-state index < -0.39 is 12.2 Å². The van der Waals surface area contributed by atoms with E-state index in [1.165, 1.54) is 4.90 Å². The van der Waals surface area contributed by atoms with Crippen molar-refractivity contribution in [2.75, 3.05) is 13.1 Å². The second-order valence-electron chi connectivity index (χ2n) is 7.84. The van der Waals surface area contributed by atoms with Crippen molar-refractivity contribution in [2.45, 2.75) is 31.5 Å². The van der Waals surface area contributed by atoms with Crippen molar-refractivity contribution in [3.05, 3.63) is 70.8 Å². The Morgan fingerprint density at radius 3 is 2.53 bits per heavy atom. The van der Waals surface area contributed by atoms with Gasteiger partial charge < -0.3 is 20.6 Å². The standard InChI is InChI=1S/C23H25FN4O2/c1-14(21(25)22(29)28-10-9-19(24)13-28)15-5-7-16(8-6-15)17-3-2-4-18(11-17)20-12-26-23(30)27-20/h2-8,11-12,14,19,21H,9-10,13,25H2,1H3,(H2,26,27,30)/t14-,19-,21-/m0/s1. The summed E-state index contributed by atoms with van der Waals surface area (Å²) >= 11 is 0. The molecule has 2 aromatic carbocycles. The number of carbonyl (C=O) groups is 1. The highest BCUT2D eigenvalue weighted by molar-refractivity contribution is 5.83. The molecule has 1 fully saturated rings. The summed E-state index contributed by atoms with van der Waals surface area (Å²) in [4.78, 5) is 30.8. The molecule has 0 bridgehead atoms. The molecule has 1 aliphatic heterocycles. The summed E-state index contributed by atoms with van der Waals surface area (Å²) in [6.45, 7) is 2.49. The lowest BCUT2D eigenvalue weighted by Gasteiger charge is -2.25. The van der Waals surface area contributed by atoms with Crippen LogP contribution >= 0.6 is 0 Å². The Labute approximate surface area is 173 Å². The van der Waals surface area contributed by atoms with Crippen LogP contribution in [-0.4, -0.2) is 46.1 Å². The number of aromatic nitrogens is 2. The number of imidazole rings is 1. The smallest absolute Gasteiger partial charge is 0.323 e. The molecule has 3 atom stereocenters. The summed E-state index contributed by atoms with van der Waals surface area (Å²) in [6, 6.07) is 15.1. The van der Waals surface area contributed by atoms with Crippen molar-refractivity contribution < 1.29 is 9.18 Å². The second-order valence-corrected chi connectivity index (χ2v) is 7.84. The van der Waals surface area contributed by atoms with Gasteiger partial charge in [-0.25, -0.2) is 9.18 Å². The fraction of sp³-hybridized carbons (Fsp3) is 0.304. The van der Waals surface area contributed by atoms with Crippen LogP contribution in [0.5, 0.6) is 0 Å². The summed E-state index contributed by atoms with van der Waals surface area (Å²) in [5.41, 5.74) is 10.6. The Kier molecular flexibility index (Phi) is 5.55. The number of hydrogen-bond donors (Lipinski definition) is 3. The van der Waals surface area contributed by atoms with E-state index in [0.29, 0.717) is 13.0 Å². The number of amides is 1. The lowest BCUT2D eigenvalue weighted by atomic mass is 9.91. The monoisotopic (exact) mass is 408 g/mol. The normalized spacial score (nSPS) is 18.4. The zero-order valence-electron chi connectivity index (χ0n) is 16.8. The van der Waals surface area contributed by atoms with E-state index in [9.17, 15) is 14.0 Å². The van der Waals surface area contributed by atoms with E-state index >= 15 is 0 Å². The van der Waals surface area contributed by atoms with E-state index in [0.717, 1.165) is 27.9 Å². The molecule has 4 rings (SSSR count). The topological polar surface area (TPSA) is 95.0 Å². The van der Waals surface area contributed by atoms with E-state index in [4.69, 9.17) is 5.73 Å². The van der Waals surface area contributed by atoms with Gasteiger partial charge in [-0.2, -0.15) is 0 Å². The minimum atomic E-state index is -0.949. The predicted octanol–water partition coefficient (Wildman–Crippen LogP) is 3.04. The molecule has 1 amide bonds. The Hall–Kier alpha value is -3.19. The van der Waals surface area contributed by atoms with Crippen molar-refractivity contribution in [1.29, 1.82) is 0 Å². The zero-order chi connectivity index (χ0) is 21.3. The summed E-state index contributed by atoms with van der Waals surface area (Å²) in [7, 11) is 0. The van der Waals surface area contributed by atoms with E-state index in [1.54, 1.807) is 6.20 Å². The largest absolute Gasteiger partial charge is 0.338 e. The first-order valence-corrected chi connectivity index (χ1v) is 10.1. The molecule has 30 heavy (non-hydrogen) atoms. The number of nitrogens with zero attached hydrogens (tertiary/aromatic N) is 1. The van der Waals surface area contributed by atoms with Crippen LogP contribution in [0, 0.1) is 0 Å². The first kappa shape index (κ1) is 20.1. The van der Waals surface area contributed by atoms with Crippen LogP contribution in [0.3, 0.4) is 0 Å². The number of benzene rings is 2. The number of H-pyrrole nitrogens is 2. The number of halogens is 1. The van der Waals surface area contributed by atoms with Crippen LogP contribution in [0.15, 0.2) is 59.5 Å². The number of nitrogens with two attached hydrogens (primary N) is 1. The van der Waals surface area contributed by atoms with Crippen LogP contribution in [-0.2, 0) is 4.79 Å². The van der Waals surface area contributed by atoms with E-state index in [-0.39, 0.29) is 24.1 Å². The van der Waals surface area contributed by atoms with Gasteiger partial charge in [0.15, 0.2) is 0 Å². The van der Waals surface area contributed by atoms with Gasteiger partial charge >= 0.3 is 5.69 Å². The molecule has 0 saturated carbocycles. The van der Waals surface area contributed by atoms with Gasteiger partial charge in [0.25, 0.3) is 0 Å². The highest BCUT2D eigenvalue weighted by atomic mass is 19.1. The van der Waals surface area contributed by atoms with Gasteiger partial charge in [-0.05, 0) is 29.2 Å². The zero-order valence-corrected chi connectivity index (χ0v) is 16.8. The van der Waals surface area contributed by atoms with Crippen molar-refractivity contribution in [3.63, 3.8) is 0 Å². The number of aromatic amines is 2. The SMILES string of the molecule is C[C@@H](c1ccc(-c2cccc(-c3c[nH]c(=O)[nH]3)c2)cc1)[C@H](N)C(=O)N1CC[C@H](F)C1. The molecule has 0 radical (unpaired) electrons. The molecule has 7 heteroatoms. The van der Waals surface area contributed by atoms with Crippen LogP contribution in [0.2, 0.25) is 0 Å². The maximum Gasteiger partial charge on any atom is 0.323 e. The van der Waals surface area contributed by atoms with E-state index in [2.05, 4.69) is 9.97 Å². The van der Waals surface area contributed by atoms with Crippen molar-refractivity contribution in [2.24, 2.45) is 5.73 Å².